The van der Waals surface area contributed by atoms with Crippen molar-refractivity contribution in [3.8, 4) is 0 Å². The van der Waals surface area contributed by atoms with Crippen LogP contribution in [0.2, 0.25) is 0 Å². The summed E-state index contributed by atoms with van der Waals surface area (Å²) in [7, 11) is 0. The largest absolute Gasteiger partial charge is 0.0961 e. The minimum atomic E-state index is 0.945. The summed E-state index contributed by atoms with van der Waals surface area (Å²) < 4.78 is 0. The maximum Gasteiger partial charge on any atom is -0.0185 e. The molecule has 1 aliphatic rings. The second-order valence-corrected chi connectivity index (χ2v) is 5.27. The van der Waals surface area contributed by atoms with Gasteiger partial charge in [0.2, 0.25) is 0 Å². The number of hydrogen-bond donors (Lipinski definition) is 0. The summed E-state index contributed by atoms with van der Waals surface area (Å²) in [6.07, 6.45) is 10.5. The standard InChI is InChI=1S/C18H22/c1-4-17(11-8-14(2)3)18-7-5-6-16(13-18)12-15-9-10-15/h4-8,11,13,15H,2,9-10,12H2,1,3H3/b11-8-,17-4+. The van der Waals surface area contributed by atoms with Crippen LogP contribution < -0.4 is 0 Å². The van der Waals surface area contributed by atoms with Crippen LogP contribution in [0.25, 0.3) is 5.57 Å². The minimum absolute atomic E-state index is 0.945. The molecule has 0 N–H and O–H groups in total. The molecule has 2 rings (SSSR count). The van der Waals surface area contributed by atoms with Crippen molar-refractivity contribution in [3.05, 3.63) is 65.8 Å². The maximum atomic E-state index is 3.91. The number of rotatable bonds is 5. The SMILES string of the molecule is C=C(C)/C=C\C(=C/C)c1cccc(CC2CC2)c1. The number of allylic oxidation sites excluding steroid dienone is 5. The molecule has 18 heavy (non-hydrogen) atoms. The Hall–Kier alpha value is -1.56. The van der Waals surface area contributed by atoms with Gasteiger partial charge in [0.05, 0.1) is 0 Å². The molecule has 0 bridgehead atoms. The molecule has 1 aliphatic carbocycles. The molecule has 1 aromatic carbocycles. The van der Waals surface area contributed by atoms with Gasteiger partial charge in [0.25, 0.3) is 0 Å². The molecular weight excluding hydrogens is 216 g/mol. The molecule has 0 aromatic heterocycles. The lowest BCUT2D eigenvalue weighted by atomic mass is 9.99. The van der Waals surface area contributed by atoms with Crippen molar-refractivity contribution in [2.75, 3.05) is 0 Å². The highest BCUT2D eigenvalue weighted by molar-refractivity contribution is 5.74. The van der Waals surface area contributed by atoms with Gasteiger partial charge in [-0.15, -0.1) is 0 Å². The van der Waals surface area contributed by atoms with E-state index in [0.29, 0.717) is 0 Å². The van der Waals surface area contributed by atoms with Crippen molar-refractivity contribution in [1.29, 1.82) is 0 Å². The first-order valence-electron chi connectivity index (χ1n) is 6.78. The molecule has 0 radical (unpaired) electrons. The van der Waals surface area contributed by atoms with E-state index in [-0.39, 0.29) is 0 Å². The van der Waals surface area contributed by atoms with Gasteiger partial charge in [-0.2, -0.15) is 0 Å². The Bertz CT molecular complexity index is 485. The fourth-order valence-electron chi connectivity index (χ4n) is 2.12. The molecule has 0 nitrogen and oxygen atoms in total. The van der Waals surface area contributed by atoms with Crippen LogP contribution in [0, 0.1) is 5.92 Å². The zero-order valence-corrected chi connectivity index (χ0v) is 11.4. The third-order valence-corrected chi connectivity index (χ3v) is 3.34. The van der Waals surface area contributed by atoms with E-state index in [1.807, 2.05) is 6.92 Å². The first-order valence-corrected chi connectivity index (χ1v) is 6.78. The predicted molar refractivity (Wildman–Crippen MR) is 80.5 cm³/mol. The van der Waals surface area contributed by atoms with Crippen LogP contribution in [-0.4, -0.2) is 0 Å². The van der Waals surface area contributed by atoms with Gasteiger partial charge in [0, 0.05) is 0 Å². The van der Waals surface area contributed by atoms with Crippen molar-refractivity contribution in [1.82, 2.24) is 0 Å². The summed E-state index contributed by atoms with van der Waals surface area (Å²) in [4.78, 5) is 0. The molecule has 0 heteroatoms. The maximum absolute atomic E-state index is 3.91. The summed E-state index contributed by atoms with van der Waals surface area (Å²) in [6.45, 7) is 8.02. The molecule has 0 heterocycles. The molecule has 0 amide bonds. The van der Waals surface area contributed by atoms with Crippen molar-refractivity contribution in [2.24, 2.45) is 5.92 Å². The van der Waals surface area contributed by atoms with Gasteiger partial charge in [-0.1, -0.05) is 54.6 Å². The van der Waals surface area contributed by atoms with E-state index in [0.717, 1.165) is 11.5 Å². The third kappa shape index (κ3) is 3.73. The highest BCUT2D eigenvalue weighted by Crippen LogP contribution is 2.33. The van der Waals surface area contributed by atoms with Crippen LogP contribution in [0.4, 0.5) is 0 Å². The smallest absolute Gasteiger partial charge is 0.0185 e. The Morgan fingerprint density at radius 2 is 2.11 bits per heavy atom. The molecule has 1 aromatic rings. The molecular formula is C18H22. The molecule has 94 valence electrons. The summed E-state index contributed by atoms with van der Waals surface area (Å²) >= 11 is 0. The normalized spacial score (nSPS) is 16.2. The van der Waals surface area contributed by atoms with Gasteiger partial charge in [-0.05, 0) is 55.7 Å². The number of hydrogen-bond acceptors (Lipinski definition) is 0. The fraction of sp³-hybridized carbons (Fsp3) is 0.333. The Labute approximate surface area is 111 Å². The second-order valence-electron chi connectivity index (χ2n) is 5.27. The van der Waals surface area contributed by atoms with Gasteiger partial charge in [-0.3, -0.25) is 0 Å². The van der Waals surface area contributed by atoms with E-state index in [4.69, 9.17) is 0 Å². The van der Waals surface area contributed by atoms with Gasteiger partial charge >= 0.3 is 0 Å². The lowest BCUT2D eigenvalue weighted by molar-refractivity contribution is 0.832. The summed E-state index contributed by atoms with van der Waals surface area (Å²) in [5.41, 5.74) is 5.14. The van der Waals surface area contributed by atoms with E-state index in [1.165, 1.54) is 36.0 Å². The summed E-state index contributed by atoms with van der Waals surface area (Å²) in [6, 6.07) is 8.94. The van der Waals surface area contributed by atoms with Crippen molar-refractivity contribution in [3.63, 3.8) is 0 Å². The lowest BCUT2D eigenvalue weighted by Crippen LogP contribution is -1.89. The molecule has 0 unspecified atom stereocenters. The van der Waals surface area contributed by atoms with E-state index in [9.17, 15) is 0 Å². The molecule has 0 spiro atoms. The molecule has 0 saturated heterocycles. The highest BCUT2D eigenvalue weighted by Gasteiger charge is 2.21. The zero-order chi connectivity index (χ0) is 13.0. The average Bonchev–Trinajstić information content (AvgIpc) is 3.14. The van der Waals surface area contributed by atoms with E-state index >= 15 is 0 Å². The van der Waals surface area contributed by atoms with Gasteiger partial charge in [0.15, 0.2) is 0 Å². The van der Waals surface area contributed by atoms with Crippen molar-refractivity contribution >= 4 is 5.57 Å². The van der Waals surface area contributed by atoms with Crippen LogP contribution in [0.3, 0.4) is 0 Å². The molecule has 1 fully saturated rings. The topological polar surface area (TPSA) is 0 Å². The van der Waals surface area contributed by atoms with Crippen molar-refractivity contribution in [2.45, 2.75) is 33.1 Å². The monoisotopic (exact) mass is 238 g/mol. The highest BCUT2D eigenvalue weighted by atomic mass is 14.3. The third-order valence-electron chi connectivity index (χ3n) is 3.34. The first kappa shape index (κ1) is 12.9. The Kier molecular flexibility index (Phi) is 4.19. The minimum Gasteiger partial charge on any atom is -0.0961 e. The van der Waals surface area contributed by atoms with Crippen molar-refractivity contribution < 1.29 is 0 Å². The summed E-state index contributed by atoms with van der Waals surface area (Å²) in [5.74, 6) is 0.945. The van der Waals surface area contributed by atoms with Crippen LogP contribution >= 0.6 is 0 Å². The average molecular weight is 238 g/mol. The Balaban J connectivity index is 2.16. The van der Waals surface area contributed by atoms with E-state index in [2.05, 4.69) is 56.0 Å². The predicted octanol–water partition coefficient (Wildman–Crippen LogP) is 5.17. The Morgan fingerprint density at radius 1 is 1.33 bits per heavy atom. The lowest BCUT2D eigenvalue weighted by Gasteiger charge is -2.06. The first-order chi connectivity index (χ1) is 8.69. The van der Waals surface area contributed by atoms with Crippen LogP contribution in [-0.2, 0) is 6.42 Å². The molecule has 0 aliphatic heterocycles. The van der Waals surface area contributed by atoms with Crippen LogP contribution in [0.5, 0.6) is 0 Å². The quantitative estimate of drug-likeness (QED) is 0.620. The molecule has 0 atom stereocenters. The van der Waals surface area contributed by atoms with Gasteiger partial charge in [-0.25, -0.2) is 0 Å². The van der Waals surface area contributed by atoms with Crippen LogP contribution in [0.15, 0.2) is 54.6 Å². The van der Waals surface area contributed by atoms with Crippen LogP contribution in [0.1, 0.15) is 37.8 Å². The molecule has 1 saturated carbocycles. The van der Waals surface area contributed by atoms with E-state index in [1.54, 1.807) is 0 Å². The zero-order valence-electron chi connectivity index (χ0n) is 11.4. The number of benzene rings is 1. The second kappa shape index (κ2) is 5.86. The van der Waals surface area contributed by atoms with Gasteiger partial charge < -0.3 is 0 Å². The Morgan fingerprint density at radius 3 is 2.72 bits per heavy atom. The van der Waals surface area contributed by atoms with E-state index < -0.39 is 0 Å². The van der Waals surface area contributed by atoms with Gasteiger partial charge in [0.1, 0.15) is 0 Å². The fourth-order valence-corrected chi connectivity index (χ4v) is 2.12. The summed E-state index contributed by atoms with van der Waals surface area (Å²) in [5, 5.41) is 0.